The van der Waals surface area contributed by atoms with Crippen LogP contribution < -0.4 is 10.2 Å². The first kappa shape index (κ1) is 19.4. The van der Waals surface area contributed by atoms with Crippen molar-refractivity contribution in [3.05, 3.63) is 65.5 Å². The van der Waals surface area contributed by atoms with Gasteiger partial charge in [0, 0.05) is 50.0 Å². The Labute approximate surface area is 161 Å². The lowest BCUT2D eigenvalue weighted by Crippen LogP contribution is -2.48. The Hall–Kier alpha value is -2.40. The van der Waals surface area contributed by atoms with Crippen LogP contribution in [0.1, 0.15) is 29.8 Å². The third kappa shape index (κ3) is 5.30. The standard InChI is InChI=1S/C22H28FN3O/c1-17(2)25-12-14-26(15-13-25)21-8-6-19(7-9-21)22(27)24-11-10-18-4-3-5-20(23)16-18/h3-9,16-17H,10-15H2,1-2H3,(H,24,27). The molecule has 1 fully saturated rings. The average Bonchev–Trinajstić information content (AvgIpc) is 2.68. The number of carbonyl (C=O) groups is 1. The van der Waals surface area contributed by atoms with E-state index in [0.29, 0.717) is 24.6 Å². The van der Waals surface area contributed by atoms with E-state index >= 15 is 0 Å². The van der Waals surface area contributed by atoms with Crippen LogP contribution in [0.5, 0.6) is 0 Å². The molecule has 1 amide bonds. The summed E-state index contributed by atoms with van der Waals surface area (Å²) in [6.07, 6.45) is 0.613. The number of benzene rings is 2. The van der Waals surface area contributed by atoms with Gasteiger partial charge in [-0.15, -0.1) is 0 Å². The van der Waals surface area contributed by atoms with E-state index in [9.17, 15) is 9.18 Å². The molecule has 0 bridgehead atoms. The maximum atomic E-state index is 13.2. The lowest BCUT2D eigenvalue weighted by atomic mass is 10.1. The molecular formula is C22H28FN3O. The molecular weight excluding hydrogens is 341 g/mol. The Morgan fingerprint density at radius 1 is 1.07 bits per heavy atom. The van der Waals surface area contributed by atoms with Gasteiger partial charge in [0.15, 0.2) is 0 Å². The molecule has 0 spiro atoms. The predicted octanol–water partition coefficient (Wildman–Crippen LogP) is 3.33. The Bertz CT molecular complexity index is 752. The van der Waals surface area contributed by atoms with Gasteiger partial charge in [0.2, 0.25) is 0 Å². The van der Waals surface area contributed by atoms with E-state index in [2.05, 4.69) is 29.0 Å². The van der Waals surface area contributed by atoms with Gasteiger partial charge < -0.3 is 10.2 Å². The van der Waals surface area contributed by atoms with Gasteiger partial charge in [-0.1, -0.05) is 12.1 Å². The molecule has 3 rings (SSSR count). The molecule has 27 heavy (non-hydrogen) atoms. The normalized spacial score (nSPS) is 15.2. The summed E-state index contributed by atoms with van der Waals surface area (Å²) in [6.45, 7) is 9.12. The van der Waals surface area contributed by atoms with Gasteiger partial charge in [-0.05, 0) is 62.2 Å². The zero-order chi connectivity index (χ0) is 19.2. The summed E-state index contributed by atoms with van der Waals surface area (Å²) in [5, 5.41) is 2.90. The highest BCUT2D eigenvalue weighted by molar-refractivity contribution is 5.94. The van der Waals surface area contributed by atoms with Gasteiger partial charge in [0.05, 0.1) is 0 Å². The van der Waals surface area contributed by atoms with Crippen LogP contribution in [0.25, 0.3) is 0 Å². The van der Waals surface area contributed by atoms with Crippen LogP contribution in [0.4, 0.5) is 10.1 Å². The van der Waals surface area contributed by atoms with Crippen LogP contribution in [0.3, 0.4) is 0 Å². The fraction of sp³-hybridized carbons (Fsp3) is 0.409. The summed E-state index contributed by atoms with van der Waals surface area (Å²) < 4.78 is 13.2. The largest absolute Gasteiger partial charge is 0.369 e. The third-order valence-corrected chi connectivity index (χ3v) is 5.13. The van der Waals surface area contributed by atoms with Crippen molar-refractivity contribution in [1.82, 2.24) is 10.2 Å². The summed E-state index contributed by atoms with van der Waals surface area (Å²) in [4.78, 5) is 17.2. The van der Waals surface area contributed by atoms with Crippen LogP contribution >= 0.6 is 0 Å². The van der Waals surface area contributed by atoms with Crippen molar-refractivity contribution in [1.29, 1.82) is 0 Å². The minimum Gasteiger partial charge on any atom is -0.369 e. The Morgan fingerprint density at radius 3 is 2.41 bits per heavy atom. The van der Waals surface area contributed by atoms with Gasteiger partial charge in [-0.3, -0.25) is 9.69 Å². The number of rotatable bonds is 6. The van der Waals surface area contributed by atoms with Crippen molar-refractivity contribution >= 4 is 11.6 Å². The minimum absolute atomic E-state index is 0.0948. The van der Waals surface area contributed by atoms with E-state index in [1.807, 2.05) is 30.3 Å². The van der Waals surface area contributed by atoms with Crippen LogP contribution in [-0.4, -0.2) is 49.6 Å². The zero-order valence-electron chi connectivity index (χ0n) is 16.1. The Kier molecular flexibility index (Phi) is 6.45. The minimum atomic E-state index is -0.247. The van der Waals surface area contributed by atoms with E-state index in [1.54, 1.807) is 6.07 Å². The van der Waals surface area contributed by atoms with E-state index in [4.69, 9.17) is 0 Å². The molecule has 0 aromatic heterocycles. The van der Waals surface area contributed by atoms with Crippen LogP contribution in [0, 0.1) is 5.82 Å². The molecule has 1 N–H and O–H groups in total. The molecule has 1 aliphatic rings. The number of anilines is 1. The third-order valence-electron chi connectivity index (χ3n) is 5.13. The second-order valence-corrected chi connectivity index (χ2v) is 7.30. The van der Waals surface area contributed by atoms with Crippen molar-refractivity contribution < 1.29 is 9.18 Å². The fourth-order valence-electron chi connectivity index (χ4n) is 3.44. The number of nitrogens with one attached hydrogen (secondary N) is 1. The summed E-state index contributed by atoms with van der Waals surface area (Å²) >= 11 is 0. The molecule has 0 unspecified atom stereocenters. The molecule has 0 atom stereocenters. The molecule has 4 nitrogen and oxygen atoms in total. The number of hydrogen-bond donors (Lipinski definition) is 1. The second-order valence-electron chi connectivity index (χ2n) is 7.30. The molecule has 2 aromatic carbocycles. The Balaban J connectivity index is 1.49. The summed E-state index contributed by atoms with van der Waals surface area (Å²) in [6, 6.07) is 14.9. The zero-order valence-corrected chi connectivity index (χ0v) is 16.1. The monoisotopic (exact) mass is 369 g/mol. The van der Waals surface area contributed by atoms with E-state index < -0.39 is 0 Å². The molecule has 1 heterocycles. The highest BCUT2D eigenvalue weighted by Gasteiger charge is 2.19. The molecule has 144 valence electrons. The molecule has 0 aliphatic carbocycles. The number of carbonyl (C=O) groups excluding carboxylic acids is 1. The highest BCUT2D eigenvalue weighted by Crippen LogP contribution is 2.18. The molecule has 0 radical (unpaired) electrons. The fourth-order valence-corrected chi connectivity index (χ4v) is 3.44. The first-order chi connectivity index (χ1) is 13.0. The number of halogens is 1. The summed E-state index contributed by atoms with van der Waals surface area (Å²) in [5.74, 6) is -0.341. The van der Waals surface area contributed by atoms with Crippen molar-refractivity contribution in [3.63, 3.8) is 0 Å². The molecule has 1 saturated heterocycles. The molecule has 2 aromatic rings. The first-order valence-electron chi connectivity index (χ1n) is 9.64. The van der Waals surface area contributed by atoms with Crippen LogP contribution in [-0.2, 0) is 6.42 Å². The molecule has 5 heteroatoms. The summed E-state index contributed by atoms with van der Waals surface area (Å²) in [5.41, 5.74) is 2.69. The SMILES string of the molecule is CC(C)N1CCN(c2ccc(C(=O)NCCc3cccc(F)c3)cc2)CC1. The quantitative estimate of drug-likeness (QED) is 0.848. The maximum absolute atomic E-state index is 13.2. The molecule has 0 saturated carbocycles. The van der Waals surface area contributed by atoms with Gasteiger partial charge >= 0.3 is 0 Å². The lowest BCUT2D eigenvalue weighted by Gasteiger charge is -2.38. The van der Waals surface area contributed by atoms with Gasteiger partial charge in [-0.25, -0.2) is 4.39 Å². The van der Waals surface area contributed by atoms with E-state index in [1.165, 1.54) is 12.1 Å². The topological polar surface area (TPSA) is 35.6 Å². The van der Waals surface area contributed by atoms with E-state index in [0.717, 1.165) is 37.4 Å². The lowest BCUT2D eigenvalue weighted by molar-refractivity contribution is 0.0954. The van der Waals surface area contributed by atoms with Crippen LogP contribution in [0.15, 0.2) is 48.5 Å². The summed E-state index contributed by atoms with van der Waals surface area (Å²) in [7, 11) is 0. The Morgan fingerprint density at radius 2 is 1.78 bits per heavy atom. The smallest absolute Gasteiger partial charge is 0.251 e. The average molecular weight is 369 g/mol. The van der Waals surface area contributed by atoms with Gasteiger partial charge in [0.25, 0.3) is 5.91 Å². The van der Waals surface area contributed by atoms with Crippen molar-refractivity contribution in [2.24, 2.45) is 0 Å². The van der Waals surface area contributed by atoms with Crippen molar-refractivity contribution in [2.75, 3.05) is 37.6 Å². The molecule has 1 aliphatic heterocycles. The first-order valence-corrected chi connectivity index (χ1v) is 9.64. The number of piperazine rings is 1. The number of amides is 1. The van der Waals surface area contributed by atoms with Crippen LogP contribution in [0.2, 0.25) is 0 Å². The second kappa shape index (κ2) is 9.00. The van der Waals surface area contributed by atoms with Crippen molar-refractivity contribution in [3.8, 4) is 0 Å². The number of hydrogen-bond acceptors (Lipinski definition) is 3. The van der Waals surface area contributed by atoms with E-state index in [-0.39, 0.29) is 11.7 Å². The predicted molar refractivity (Wildman–Crippen MR) is 108 cm³/mol. The maximum Gasteiger partial charge on any atom is 0.251 e. The van der Waals surface area contributed by atoms with Gasteiger partial charge in [0.1, 0.15) is 5.82 Å². The highest BCUT2D eigenvalue weighted by atomic mass is 19.1. The number of nitrogens with zero attached hydrogens (tertiary/aromatic N) is 2. The van der Waals surface area contributed by atoms with Gasteiger partial charge in [-0.2, -0.15) is 0 Å². The van der Waals surface area contributed by atoms with Crippen molar-refractivity contribution in [2.45, 2.75) is 26.3 Å².